The molecule has 0 spiro atoms. The van der Waals surface area contributed by atoms with Crippen molar-refractivity contribution in [3.8, 4) is 0 Å². The summed E-state index contributed by atoms with van der Waals surface area (Å²) in [6.45, 7) is 6.05. The van der Waals surface area contributed by atoms with Crippen LogP contribution in [0.2, 0.25) is 0 Å². The van der Waals surface area contributed by atoms with Gasteiger partial charge < -0.3 is 10.1 Å². The standard InChI is InChI=1S/C22H29N3O4S2/c1-16-7-8-18(15-21(16)31(27,28)24-10-12-29-13-11-24)23-22(26)17(2)25-9-3-5-19(25)20-6-4-14-30-20/h4,6-8,14-15,17,19H,3,5,9-13H2,1-2H3,(H,23,26). The van der Waals surface area contributed by atoms with Gasteiger partial charge in [-0.2, -0.15) is 4.31 Å². The number of anilines is 1. The lowest BCUT2D eigenvalue weighted by Crippen LogP contribution is -2.41. The fraction of sp³-hybridized carbons (Fsp3) is 0.500. The number of carbonyl (C=O) groups is 1. The minimum atomic E-state index is -3.63. The third-order valence-electron chi connectivity index (χ3n) is 6.09. The normalized spacial score (nSPS) is 21.8. The molecule has 2 aliphatic rings. The zero-order valence-electron chi connectivity index (χ0n) is 17.9. The Kier molecular flexibility index (Phi) is 6.78. The number of nitrogens with one attached hydrogen (secondary N) is 1. The number of sulfonamides is 1. The van der Waals surface area contributed by atoms with Crippen molar-refractivity contribution in [2.45, 2.75) is 43.7 Å². The first-order chi connectivity index (χ1) is 14.9. The molecule has 1 amide bonds. The molecule has 2 fully saturated rings. The third kappa shape index (κ3) is 4.70. The van der Waals surface area contributed by atoms with Crippen LogP contribution in [0.1, 0.15) is 36.2 Å². The van der Waals surface area contributed by atoms with E-state index >= 15 is 0 Å². The maximum absolute atomic E-state index is 13.1. The van der Waals surface area contributed by atoms with E-state index in [4.69, 9.17) is 4.74 Å². The summed E-state index contributed by atoms with van der Waals surface area (Å²) in [4.78, 5) is 16.8. The topological polar surface area (TPSA) is 79.0 Å². The highest BCUT2D eigenvalue weighted by atomic mass is 32.2. The molecule has 3 heterocycles. The van der Waals surface area contributed by atoms with E-state index in [1.807, 2.05) is 13.0 Å². The number of rotatable bonds is 6. The molecule has 2 saturated heterocycles. The summed E-state index contributed by atoms with van der Waals surface area (Å²) >= 11 is 1.72. The van der Waals surface area contributed by atoms with Gasteiger partial charge in [-0.25, -0.2) is 8.42 Å². The number of benzene rings is 1. The number of thiophene rings is 1. The van der Waals surface area contributed by atoms with Crippen molar-refractivity contribution in [1.29, 1.82) is 0 Å². The number of hydrogen-bond donors (Lipinski definition) is 1. The second kappa shape index (κ2) is 9.38. The largest absolute Gasteiger partial charge is 0.379 e. The number of carbonyl (C=O) groups excluding carboxylic acids is 1. The van der Waals surface area contributed by atoms with Crippen molar-refractivity contribution in [1.82, 2.24) is 9.21 Å². The second-order valence-electron chi connectivity index (χ2n) is 8.07. The Morgan fingerprint density at radius 2 is 2.00 bits per heavy atom. The minimum Gasteiger partial charge on any atom is -0.379 e. The molecule has 2 atom stereocenters. The lowest BCUT2D eigenvalue weighted by atomic mass is 10.1. The monoisotopic (exact) mass is 463 g/mol. The number of nitrogens with zero attached hydrogens (tertiary/aromatic N) is 2. The van der Waals surface area contributed by atoms with Crippen LogP contribution in [-0.4, -0.2) is 62.4 Å². The van der Waals surface area contributed by atoms with E-state index in [2.05, 4.69) is 21.7 Å². The SMILES string of the molecule is Cc1ccc(NC(=O)C(C)N2CCCC2c2cccs2)cc1S(=O)(=O)N1CCOCC1. The number of ether oxygens (including phenoxy) is 1. The maximum atomic E-state index is 13.1. The highest BCUT2D eigenvalue weighted by Crippen LogP contribution is 2.36. The van der Waals surface area contributed by atoms with Crippen LogP contribution >= 0.6 is 11.3 Å². The molecule has 0 saturated carbocycles. The van der Waals surface area contributed by atoms with E-state index in [1.54, 1.807) is 36.5 Å². The van der Waals surface area contributed by atoms with Crippen LogP contribution in [0.15, 0.2) is 40.6 Å². The third-order valence-corrected chi connectivity index (χ3v) is 9.10. The summed E-state index contributed by atoms with van der Waals surface area (Å²) in [5.74, 6) is -0.123. The highest BCUT2D eigenvalue weighted by Gasteiger charge is 2.34. The van der Waals surface area contributed by atoms with Crippen molar-refractivity contribution in [2.75, 3.05) is 38.2 Å². The molecule has 0 radical (unpaired) electrons. The van der Waals surface area contributed by atoms with Gasteiger partial charge in [-0.15, -0.1) is 11.3 Å². The summed E-state index contributed by atoms with van der Waals surface area (Å²) in [6, 6.07) is 9.21. The number of morpholine rings is 1. The Balaban J connectivity index is 1.50. The Bertz CT molecular complexity index is 1020. The number of amides is 1. The van der Waals surface area contributed by atoms with Gasteiger partial charge in [0.15, 0.2) is 0 Å². The van der Waals surface area contributed by atoms with Crippen LogP contribution in [0, 0.1) is 6.92 Å². The Morgan fingerprint density at radius 3 is 2.71 bits per heavy atom. The summed E-state index contributed by atoms with van der Waals surface area (Å²) in [6.07, 6.45) is 2.11. The quantitative estimate of drug-likeness (QED) is 0.712. The predicted molar refractivity (Wildman–Crippen MR) is 122 cm³/mol. The molecule has 31 heavy (non-hydrogen) atoms. The van der Waals surface area contributed by atoms with E-state index in [9.17, 15) is 13.2 Å². The van der Waals surface area contributed by atoms with Crippen LogP contribution in [0.3, 0.4) is 0 Å². The molecule has 0 aliphatic carbocycles. The summed E-state index contributed by atoms with van der Waals surface area (Å²) in [5, 5.41) is 5.01. The average molecular weight is 464 g/mol. The van der Waals surface area contributed by atoms with E-state index < -0.39 is 10.0 Å². The number of hydrogen-bond acceptors (Lipinski definition) is 6. The first-order valence-corrected chi connectivity index (χ1v) is 13.0. The van der Waals surface area contributed by atoms with E-state index in [0.717, 1.165) is 19.4 Å². The summed E-state index contributed by atoms with van der Waals surface area (Å²) in [5.41, 5.74) is 1.16. The number of likely N-dealkylation sites (tertiary alicyclic amines) is 1. The molecular formula is C22H29N3O4S2. The summed E-state index contributed by atoms with van der Waals surface area (Å²) < 4.78 is 33.0. The zero-order valence-corrected chi connectivity index (χ0v) is 19.5. The fourth-order valence-electron chi connectivity index (χ4n) is 4.32. The van der Waals surface area contributed by atoms with Gasteiger partial charge >= 0.3 is 0 Å². The van der Waals surface area contributed by atoms with E-state index in [0.29, 0.717) is 37.6 Å². The molecule has 2 aliphatic heterocycles. The molecule has 0 bridgehead atoms. The van der Waals surface area contributed by atoms with Crippen molar-refractivity contribution < 1.29 is 17.9 Å². The smallest absolute Gasteiger partial charge is 0.243 e. The Hall–Kier alpha value is -1.78. The molecule has 1 aromatic carbocycles. The molecule has 168 valence electrons. The van der Waals surface area contributed by atoms with Gasteiger partial charge in [0, 0.05) is 29.7 Å². The molecular weight excluding hydrogens is 434 g/mol. The Labute approximate surface area is 188 Å². The van der Waals surface area contributed by atoms with Gasteiger partial charge in [-0.1, -0.05) is 12.1 Å². The molecule has 7 nitrogen and oxygen atoms in total. The first kappa shape index (κ1) is 22.4. The minimum absolute atomic E-state index is 0.123. The number of aryl methyl sites for hydroxylation is 1. The van der Waals surface area contributed by atoms with Crippen molar-refractivity contribution >= 4 is 33.0 Å². The molecule has 2 unspecified atom stereocenters. The fourth-order valence-corrected chi connectivity index (χ4v) is 6.86. The molecule has 1 N–H and O–H groups in total. The first-order valence-electron chi connectivity index (χ1n) is 10.7. The van der Waals surface area contributed by atoms with Crippen molar-refractivity contribution in [3.05, 3.63) is 46.2 Å². The van der Waals surface area contributed by atoms with Gasteiger partial charge in [-0.05, 0) is 62.4 Å². The summed E-state index contributed by atoms with van der Waals surface area (Å²) in [7, 11) is -3.63. The van der Waals surface area contributed by atoms with Crippen LogP contribution in [0.4, 0.5) is 5.69 Å². The maximum Gasteiger partial charge on any atom is 0.243 e. The lowest BCUT2D eigenvalue weighted by Gasteiger charge is -2.29. The van der Waals surface area contributed by atoms with Gasteiger partial charge in [-0.3, -0.25) is 9.69 Å². The molecule has 1 aromatic heterocycles. The van der Waals surface area contributed by atoms with Gasteiger partial charge in [0.1, 0.15) is 0 Å². The van der Waals surface area contributed by atoms with Crippen LogP contribution in [0.5, 0.6) is 0 Å². The second-order valence-corrected chi connectivity index (χ2v) is 11.0. The average Bonchev–Trinajstić information content (AvgIpc) is 3.46. The predicted octanol–water partition coefficient (Wildman–Crippen LogP) is 3.24. The molecule has 9 heteroatoms. The van der Waals surface area contributed by atoms with Crippen molar-refractivity contribution in [3.63, 3.8) is 0 Å². The Morgan fingerprint density at radius 1 is 1.23 bits per heavy atom. The van der Waals surface area contributed by atoms with Crippen molar-refractivity contribution in [2.24, 2.45) is 0 Å². The zero-order chi connectivity index (χ0) is 22.0. The molecule has 4 rings (SSSR count). The van der Waals surface area contributed by atoms with Gasteiger partial charge in [0.05, 0.1) is 24.2 Å². The van der Waals surface area contributed by atoms with Crippen LogP contribution in [0.25, 0.3) is 0 Å². The highest BCUT2D eigenvalue weighted by molar-refractivity contribution is 7.89. The van der Waals surface area contributed by atoms with Crippen LogP contribution < -0.4 is 5.32 Å². The van der Waals surface area contributed by atoms with Gasteiger partial charge in [0.2, 0.25) is 15.9 Å². The molecule has 2 aromatic rings. The van der Waals surface area contributed by atoms with E-state index in [-0.39, 0.29) is 22.9 Å². The van der Waals surface area contributed by atoms with E-state index in [1.165, 1.54) is 9.18 Å². The van der Waals surface area contributed by atoms with Crippen LogP contribution in [-0.2, 0) is 19.6 Å². The van der Waals surface area contributed by atoms with Gasteiger partial charge in [0.25, 0.3) is 0 Å². The lowest BCUT2D eigenvalue weighted by molar-refractivity contribution is -0.121.